The van der Waals surface area contributed by atoms with Crippen LogP contribution in [-0.2, 0) is 0 Å². The summed E-state index contributed by atoms with van der Waals surface area (Å²) in [7, 11) is 0. The second-order valence-corrected chi connectivity index (χ2v) is 4.10. The van der Waals surface area contributed by atoms with Gasteiger partial charge in [-0.1, -0.05) is 18.2 Å². The Bertz CT molecular complexity index is 795. The average molecular weight is 219 g/mol. The van der Waals surface area contributed by atoms with Gasteiger partial charge in [0, 0.05) is 28.7 Å². The van der Waals surface area contributed by atoms with Crippen LogP contribution in [0.15, 0.2) is 48.9 Å². The van der Waals surface area contributed by atoms with Crippen LogP contribution in [0.5, 0.6) is 0 Å². The van der Waals surface area contributed by atoms with Crippen LogP contribution in [0.4, 0.5) is 0 Å². The van der Waals surface area contributed by atoms with Crippen molar-refractivity contribution in [3.05, 3.63) is 48.9 Å². The smallest absolute Gasteiger partial charge is 0.0883 e. The fourth-order valence-electron chi connectivity index (χ4n) is 2.37. The summed E-state index contributed by atoms with van der Waals surface area (Å²) in [5.41, 5.74) is 4.29. The molecule has 0 atom stereocenters. The SMILES string of the molecule is c1ccc2c3c4ccncc4[nH]cc-3nc2c1. The fraction of sp³-hybridized carbons (Fsp3) is 0. The summed E-state index contributed by atoms with van der Waals surface area (Å²) in [5.74, 6) is 0. The summed E-state index contributed by atoms with van der Waals surface area (Å²) < 4.78 is 0. The lowest BCUT2D eigenvalue weighted by molar-refractivity contribution is 1.30. The zero-order valence-corrected chi connectivity index (χ0v) is 9.01. The van der Waals surface area contributed by atoms with Gasteiger partial charge in [-0.05, 0) is 12.1 Å². The number of nitrogens with zero attached hydrogens (tertiary/aromatic N) is 2. The van der Waals surface area contributed by atoms with E-state index < -0.39 is 0 Å². The number of hydrogen-bond donors (Lipinski definition) is 1. The van der Waals surface area contributed by atoms with Gasteiger partial charge in [0.25, 0.3) is 0 Å². The topological polar surface area (TPSA) is 41.6 Å². The Morgan fingerprint density at radius 1 is 1.00 bits per heavy atom. The van der Waals surface area contributed by atoms with E-state index in [1.54, 1.807) is 0 Å². The van der Waals surface area contributed by atoms with Gasteiger partial charge in [-0.25, -0.2) is 4.98 Å². The van der Waals surface area contributed by atoms with Crippen molar-refractivity contribution in [2.45, 2.75) is 0 Å². The van der Waals surface area contributed by atoms with Gasteiger partial charge < -0.3 is 4.98 Å². The second-order valence-electron chi connectivity index (χ2n) is 4.10. The molecule has 0 fully saturated rings. The molecule has 0 aliphatic carbocycles. The molecule has 0 unspecified atom stereocenters. The van der Waals surface area contributed by atoms with E-state index in [-0.39, 0.29) is 0 Å². The van der Waals surface area contributed by atoms with Gasteiger partial charge in [0.2, 0.25) is 0 Å². The summed E-state index contributed by atoms with van der Waals surface area (Å²) in [6.07, 6.45) is 5.60. The van der Waals surface area contributed by atoms with E-state index in [1.807, 2.05) is 42.9 Å². The van der Waals surface area contributed by atoms with Gasteiger partial charge in [-0.2, -0.15) is 0 Å². The Hall–Kier alpha value is -2.42. The Kier molecular flexibility index (Phi) is 1.56. The molecule has 0 spiro atoms. The number of hydrogen-bond acceptors (Lipinski definition) is 2. The number of aromatic nitrogens is 3. The van der Waals surface area contributed by atoms with Gasteiger partial charge in [-0.15, -0.1) is 0 Å². The third kappa shape index (κ3) is 1.11. The maximum Gasteiger partial charge on any atom is 0.0883 e. The van der Waals surface area contributed by atoms with Gasteiger partial charge in [0.15, 0.2) is 0 Å². The van der Waals surface area contributed by atoms with E-state index in [1.165, 1.54) is 16.3 Å². The maximum absolute atomic E-state index is 4.61. The van der Waals surface area contributed by atoms with Gasteiger partial charge in [0.1, 0.15) is 0 Å². The first-order chi connectivity index (χ1) is 8.43. The van der Waals surface area contributed by atoms with Gasteiger partial charge in [-0.3, -0.25) is 4.98 Å². The van der Waals surface area contributed by atoms with Crippen molar-refractivity contribution < 1.29 is 0 Å². The number of nitrogens with one attached hydrogen (secondary N) is 1. The number of rotatable bonds is 0. The molecular weight excluding hydrogens is 210 g/mol. The highest BCUT2D eigenvalue weighted by Gasteiger charge is 2.14. The third-order valence-electron chi connectivity index (χ3n) is 3.13. The number of H-pyrrole nitrogens is 1. The molecule has 0 amide bonds. The molecule has 0 saturated heterocycles. The molecule has 0 bridgehead atoms. The van der Waals surface area contributed by atoms with Crippen LogP contribution in [0, 0.1) is 0 Å². The van der Waals surface area contributed by atoms with E-state index in [2.05, 4.69) is 21.0 Å². The normalized spacial score (nSPS) is 11.5. The zero-order chi connectivity index (χ0) is 11.2. The van der Waals surface area contributed by atoms with Crippen LogP contribution in [0.2, 0.25) is 0 Å². The second kappa shape index (κ2) is 3.04. The molecule has 1 aromatic carbocycles. The van der Waals surface area contributed by atoms with E-state index in [0.29, 0.717) is 0 Å². The standard InChI is InChI=1S/C14H9N3/c1-2-4-11-9(3-1)14-10-5-6-15-7-12(10)16-8-13(14)17-11/h1-8,16H. The zero-order valence-electron chi connectivity index (χ0n) is 9.01. The first-order valence-electron chi connectivity index (χ1n) is 5.53. The third-order valence-corrected chi connectivity index (χ3v) is 3.13. The van der Waals surface area contributed by atoms with Crippen LogP contribution in [0.3, 0.4) is 0 Å². The lowest BCUT2D eigenvalue weighted by Gasteiger charge is -2.03. The Balaban J connectivity index is 2.33. The molecule has 2 aliphatic rings. The molecule has 3 heterocycles. The maximum atomic E-state index is 4.61. The molecule has 3 nitrogen and oxygen atoms in total. The summed E-state index contributed by atoms with van der Waals surface area (Å²) in [4.78, 5) is 12.0. The van der Waals surface area contributed by atoms with E-state index in [9.17, 15) is 0 Å². The van der Waals surface area contributed by atoms with Crippen molar-refractivity contribution in [1.82, 2.24) is 15.0 Å². The molecule has 0 radical (unpaired) electrons. The molecule has 80 valence electrons. The lowest BCUT2D eigenvalue weighted by atomic mass is 10.0. The molecule has 2 aliphatic heterocycles. The van der Waals surface area contributed by atoms with Gasteiger partial charge in [0.05, 0.1) is 22.9 Å². The number of pyridine rings is 2. The summed E-state index contributed by atoms with van der Waals surface area (Å²) in [6, 6.07) is 10.3. The Labute approximate surface area is 97.5 Å². The summed E-state index contributed by atoms with van der Waals surface area (Å²) in [5, 5.41) is 2.37. The minimum absolute atomic E-state index is 1.00. The van der Waals surface area contributed by atoms with E-state index in [0.717, 1.165) is 16.7 Å². The Morgan fingerprint density at radius 2 is 1.94 bits per heavy atom. The quantitative estimate of drug-likeness (QED) is 0.493. The molecule has 4 rings (SSSR count). The molecule has 2 aromatic rings. The monoisotopic (exact) mass is 219 g/mol. The number of aromatic amines is 1. The minimum Gasteiger partial charge on any atom is -0.358 e. The Morgan fingerprint density at radius 3 is 2.94 bits per heavy atom. The van der Waals surface area contributed by atoms with Gasteiger partial charge >= 0.3 is 0 Å². The van der Waals surface area contributed by atoms with E-state index >= 15 is 0 Å². The van der Waals surface area contributed by atoms with Crippen molar-refractivity contribution in [3.8, 4) is 11.3 Å². The summed E-state index contributed by atoms with van der Waals surface area (Å²) in [6.45, 7) is 0. The molecule has 3 heteroatoms. The first-order valence-corrected chi connectivity index (χ1v) is 5.53. The highest BCUT2D eigenvalue weighted by molar-refractivity contribution is 6.09. The molecule has 0 saturated carbocycles. The van der Waals surface area contributed by atoms with E-state index in [4.69, 9.17) is 0 Å². The van der Waals surface area contributed by atoms with Crippen LogP contribution in [0.25, 0.3) is 33.1 Å². The average Bonchev–Trinajstić information content (AvgIpc) is 2.77. The predicted molar refractivity (Wildman–Crippen MR) is 68.0 cm³/mol. The van der Waals surface area contributed by atoms with Crippen molar-refractivity contribution in [1.29, 1.82) is 0 Å². The highest BCUT2D eigenvalue weighted by Crippen LogP contribution is 2.35. The van der Waals surface area contributed by atoms with Crippen molar-refractivity contribution in [2.75, 3.05) is 0 Å². The first kappa shape index (κ1) is 8.70. The molecule has 1 aromatic heterocycles. The van der Waals surface area contributed by atoms with Crippen LogP contribution >= 0.6 is 0 Å². The van der Waals surface area contributed by atoms with Crippen LogP contribution in [-0.4, -0.2) is 15.0 Å². The molecular formula is C14H9N3. The van der Waals surface area contributed by atoms with Crippen molar-refractivity contribution in [3.63, 3.8) is 0 Å². The van der Waals surface area contributed by atoms with Crippen LogP contribution in [0.1, 0.15) is 0 Å². The summed E-state index contributed by atoms with van der Waals surface area (Å²) >= 11 is 0. The van der Waals surface area contributed by atoms with Crippen molar-refractivity contribution in [2.24, 2.45) is 0 Å². The number of benzene rings is 1. The number of fused-ring (bicyclic) bond motifs is 5. The minimum atomic E-state index is 1.00. The van der Waals surface area contributed by atoms with Crippen LogP contribution < -0.4 is 0 Å². The molecule has 17 heavy (non-hydrogen) atoms. The van der Waals surface area contributed by atoms with Crippen molar-refractivity contribution >= 4 is 21.8 Å². The predicted octanol–water partition coefficient (Wildman–Crippen LogP) is 3.22. The lowest BCUT2D eigenvalue weighted by Crippen LogP contribution is -1.85. The largest absolute Gasteiger partial charge is 0.358 e. The fourth-order valence-corrected chi connectivity index (χ4v) is 2.37. The highest BCUT2D eigenvalue weighted by atomic mass is 14.8. The number of para-hydroxylation sites is 1. The molecule has 1 N–H and O–H groups in total.